The van der Waals surface area contributed by atoms with Crippen LogP contribution in [-0.4, -0.2) is 26.7 Å². The molecule has 0 aliphatic rings. The monoisotopic (exact) mass is 370 g/mol. The minimum absolute atomic E-state index is 0.215. The highest BCUT2D eigenvalue weighted by molar-refractivity contribution is 9.10. The summed E-state index contributed by atoms with van der Waals surface area (Å²) in [6.45, 7) is 0.591. The number of rotatable bonds is 5. The normalized spacial score (nSPS) is 11.4. The summed E-state index contributed by atoms with van der Waals surface area (Å²) >= 11 is 3.36. The van der Waals surface area contributed by atoms with Crippen molar-refractivity contribution in [3.63, 3.8) is 0 Å². The Labute approximate surface area is 132 Å². The number of nitrogens with zero attached hydrogens (tertiary/aromatic N) is 1. The molecule has 0 fully saturated rings. The van der Waals surface area contributed by atoms with Crippen LogP contribution >= 0.6 is 15.9 Å². The smallest absolute Gasteiger partial charge is 0.223 e. The Morgan fingerprint density at radius 3 is 2.76 bits per heavy atom. The van der Waals surface area contributed by atoms with E-state index in [9.17, 15) is 8.42 Å². The number of ether oxygens (including phenoxy) is 1. The molecule has 0 aliphatic carbocycles. The third-order valence-corrected chi connectivity index (χ3v) is 4.25. The molecule has 0 unspecified atom stereocenters. The highest BCUT2D eigenvalue weighted by atomic mass is 79.9. The Bertz CT molecular complexity index is 748. The van der Waals surface area contributed by atoms with Gasteiger partial charge < -0.3 is 10.1 Å². The Hall–Kier alpha value is -1.44. The number of nitrogens with one attached hydrogen (secondary N) is 1. The molecule has 0 saturated carbocycles. The van der Waals surface area contributed by atoms with Gasteiger partial charge in [-0.15, -0.1) is 0 Å². The van der Waals surface area contributed by atoms with Crippen LogP contribution in [0.2, 0.25) is 0 Å². The molecule has 5 nitrogen and oxygen atoms in total. The van der Waals surface area contributed by atoms with E-state index in [1.165, 1.54) is 12.1 Å². The van der Waals surface area contributed by atoms with Gasteiger partial charge in [0.05, 0.1) is 4.90 Å². The van der Waals surface area contributed by atoms with Crippen LogP contribution in [0.4, 0.5) is 0 Å². The Morgan fingerprint density at radius 2 is 2.10 bits per heavy atom. The molecule has 7 heteroatoms. The highest BCUT2D eigenvalue weighted by Crippen LogP contribution is 2.27. The molecule has 1 aromatic heterocycles. The van der Waals surface area contributed by atoms with Gasteiger partial charge in [-0.2, -0.15) is 0 Å². The molecule has 0 atom stereocenters. The molecular formula is C14H15BrN2O3S. The van der Waals surface area contributed by atoms with E-state index in [1.807, 2.05) is 13.1 Å². The zero-order valence-electron chi connectivity index (χ0n) is 11.6. The molecular weight excluding hydrogens is 356 g/mol. The maximum atomic E-state index is 11.6. The first-order valence-corrected chi connectivity index (χ1v) is 8.85. The number of pyridine rings is 1. The van der Waals surface area contributed by atoms with E-state index in [2.05, 4.69) is 26.2 Å². The SMILES string of the molecule is CNCc1cc(Br)cnc1Oc1cccc(S(C)(=O)=O)c1. The van der Waals surface area contributed by atoms with Crippen LogP contribution in [0.3, 0.4) is 0 Å². The van der Waals surface area contributed by atoms with Crippen molar-refractivity contribution in [2.45, 2.75) is 11.4 Å². The van der Waals surface area contributed by atoms with Crippen molar-refractivity contribution in [3.05, 3.63) is 46.6 Å². The Balaban J connectivity index is 2.34. The number of hydrogen-bond acceptors (Lipinski definition) is 5. The van der Waals surface area contributed by atoms with E-state index in [0.717, 1.165) is 16.3 Å². The molecule has 1 heterocycles. The van der Waals surface area contributed by atoms with E-state index in [1.54, 1.807) is 18.3 Å². The lowest BCUT2D eigenvalue weighted by atomic mass is 10.2. The van der Waals surface area contributed by atoms with Gasteiger partial charge in [0.1, 0.15) is 5.75 Å². The average Bonchev–Trinajstić information content (AvgIpc) is 2.42. The predicted molar refractivity (Wildman–Crippen MR) is 84.3 cm³/mol. The molecule has 112 valence electrons. The number of aromatic nitrogens is 1. The summed E-state index contributed by atoms with van der Waals surface area (Å²) in [5.41, 5.74) is 0.872. The van der Waals surface area contributed by atoms with Crippen molar-refractivity contribution in [1.29, 1.82) is 0 Å². The van der Waals surface area contributed by atoms with Crippen molar-refractivity contribution < 1.29 is 13.2 Å². The zero-order chi connectivity index (χ0) is 15.5. The third-order valence-electron chi connectivity index (χ3n) is 2.71. The van der Waals surface area contributed by atoms with Crippen LogP contribution in [0.15, 0.2) is 45.9 Å². The fourth-order valence-corrected chi connectivity index (χ4v) is 2.79. The highest BCUT2D eigenvalue weighted by Gasteiger charge is 2.11. The minimum Gasteiger partial charge on any atom is -0.439 e. The van der Waals surface area contributed by atoms with Gasteiger partial charge in [0.15, 0.2) is 9.84 Å². The summed E-state index contributed by atoms with van der Waals surface area (Å²) in [5.74, 6) is 0.878. The first kappa shape index (κ1) is 15.9. The van der Waals surface area contributed by atoms with Crippen molar-refractivity contribution in [2.24, 2.45) is 0 Å². The maximum absolute atomic E-state index is 11.6. The van der Waals surface area contributed by atoms with Gasteiger partial charge in [-0.1, -0.05) is 6.07 Å². The Morgan fingerprint density at radius 1 is 1.33 bits per heavy atom. The summed E-state index contributed by atoms with van der Waals surface area (Å²) in [7, 11) is -1.44. The lowest BCUT2D eigenvalue weighted by Gasteiger charge is -2.11. The second-order valence-electron chi connectivity index (χ2n) is 4.50. The van der Waals surface area contributed by atoms with Gasteiger partial charge in [0.2, 0.25) is 5.88 Å². The topological polar surface area (TPSA) is 68.3 Å². The molecule has 1 N–H and O–H groups in total. The van der Waals surface area contributed by atoms with Gasteiger partial charge in [0.25, 0.3) is 0 Å². The molecule has 1 aromatic carbocycles. The first-order chi connectivity index (χ1) is 9.90. The van der Waals surface area contributed by atoms with E-state index in [-0.39, 0.29) is 4.90 Å². The van der Waals surface area contributed by atoms with Crippen LogP contribution in [0.5, 0.6) is 11.6 Å². The van der Waals surface area contributed by atoms with Crippen LogP contribution in [0.25, 0.3) is 0 Å². The van der Waals surface area contributed by atoms with E-state index >= 15 is 0 Å². The van der Waals surface area contributed by atoms with Crippen molar-refractivity contribution in [3.8, 4) is 11.6 Å². The largest absolute Gasteiger partial charge is 0.439 e. The molecule has 0 saturated heterocycles. The third kappa shape index (κ3) is 4.26. The molecule has 2 rings (SSSR count). The predicted octanol–water partition coefficient (Wildman–Crippen LogP) is 2.76. The molecule has 0 radical (unpaired) electrons. The summed E-state index contributed by atoms with van der Waals surface area (Å²) < 4.78 is 29.7. The lowest BCUT2D eigenvalue weighted by molar-refractivity contribution is 0.452. The maximum Gasteiger partial charge on any atom is 0.223 e. The molecule has 0 amide bonds. The Kier molecular flexibility index (Phi) is 4.97. The van der Waals surface area contributed by atoms with Gasteiger partial charge in [-0.05, 0) is 47.2 Å². The summed E-state index contributed by atoms with van der Waals surface area (Å²) in [6.07, 6.45) is 2.80. The van der Waals surface area contributed by atoms with E-state index in [0.29, 0.717) is 18.2 Å². The number of sulfone groups is 1. The van der Waals surface area contributed by atoms with Crippen molar-refractivity contribution >= 4 is 25.8 Å². The number of benzene rings is 1. The van der Waals surface area contributed by atoms with Gasteiger partial charge in [0, 0.05) is 29.0 Å². The summed E-state index contributed by atoms with van der Waals surface area (Å²) in [6, 6.07) is 8.26. The summed E-state index contributed by atoms with van der Waals surface area (Å²) in [5, 5.41) is 3.04. The molecule has 0 aliphatic heterocycles. The van der Waals surface area contributed by atoms with Crippen molar-refractivity contribution in [1.82, 2.24) is 10.3 Å². The molecule has 0 spiro atoms. The zero-order valence-corrected chi connectivity index (χ0v) is 14.0. The number of hydrogen-bond donors (Lipinski definition) is 1. The van der Waals surface area contributed by atoms with Gasteiger partial charge in [-0.3, -0.25) is 0 Å². The minimum atomic E-state index is -3.26. The van der Waals surface area contributed by atoms with E-state index in [4.69, 9.17) is 4.74 Å². The molecule has 21 heavy (non-hydrogen) atoms. The summed E-state index contributed by atoms with van der Waals surface area (Å²) in [4.78, 5) is 4.44. The van der Waals surface area contributed by atoms with Crippen LogP contribution in [-0.2, 0) is 16.4 Å². The first-order valence-electron chi connectivity index (χ1n) is 6.17. The molecule has 0 bridgehead atoms. The fraction of sp³-hybridized carbons (Fsp3) is 0.214. The van der Waals surface area contributed by atoms with Crippen molar-refractivity contribution in [2.75, 3.05) is 13.3 Å². The average molecular weight is 371 g/mol. The quantitative estimate of drug-likeness (QED) is 0.876. The van der Waals surface area contributed by atoms with Gasteiger partial charge >= 0.3 is 0 Å². The van der Waals surface area contributed by atoms with Crippen LogP contribution < -0.4 is 10.1 Å². The fourth-order valence-electron chi connectivity index (χ4n) is 1.76. The van der Waals surface area contributed by atoms with Crippen LogP contribution in [0.1, 0.15) is 5.56 Å². The standard InChI is InChI=1S/C14H15BrN2O3S/c1-16-8-10-6-11(15)9-17-14(10)20-12-4-3-5-13(7-12)21(2,18)19/h3-7,9,16H,8H2,1-2H3. The van der Waals surface area contributed by atoms with Gasteiger partial charge in [-0.25, -0.2) is 13.4 Å². The second kappa shape index (κ2) is 6.55. The van der Waals surface area contributed by atoms with E-state index < -0.39 is 9.84 Å². The lowest BCUT2D eigenvalue weighted by Crippen LogP contribution is -2.07. The second-order valence-corrected chi connectivity index (χ2v) is 7.43. The van der Waals surface area contributed by atoms with Crippen LogP contribution in [0, 0.1) is 0 Å². The number of halogens is 1. The molecule has 2 aromatic rings.